The van der Waals surface area contributed by atoms with Gasteiger partial charge in [0.05, 0.1) is 12.0 Å². The minimum Gasteiger partial charge on any atom is -0.481 e. The fourth-order valence-electron chi connectivity index (χ4n) is 4.75. The molecule has 2 amide bonds. The Kier molecular flexibility index (Phi) is 5.64. The van der Waals surface area contributed by atoms with Crippen LogP contribution < -0.4 is 5.32 Å². The Morgan fingerprint density at radius 3 is 2.25 bits per heavy atom. The van der Waals surface area contributed by atoms with Crippen LogP contribution in [0.1, 0.15) is 57.8 Å². The Balaban J connectivity index is 1.49. The van der Waals surface area contributed by atoms with Gasteiger partial charge in [-0.05, 0) is 38.0 Å². The van der Waals surface area contributed by atoms with E-state index < -0.39 is 5.97 Å². The minimum atomic E-state index is -0.718. The van der Waals surface area contributed by atoms with Crippen molar-refractivity contribution in [2.24, 2.45) is 17.8 Å². The lowest BCUT2D eigenvalue weighted by atomic mass is 9.82. The lowest BCUT2D eigenvalue weighted by molar-refractivity contribution is -0.142. The van der Waals surface area contributed by atoms with Crippen molar-refractivity contribution >= 4 is 12.0 Å². The topological polar surface area (TPSA) is 89.9 Å². The molecule has 3 aliphatic rings. The van der Waals surface area contributed by atoms with Crippen LogP contribution in [0.3, 0.4) is 0 Å². The quantitative estimate of drug-likeness (QED) is 0.736. The first-order chi connectivity index (χ1) is 11.5. The van der Waals surface area contributed by atoms with Gasteiger partial charge in [0.1, 0.15) is 0 Å². The summed E-state index contributed by atoms with van der Waals surface area (Å²) in [6, 6.07) is 0.0496. The molecular formula is C18H30N2O4. The third kappa shape index (κ3) is 4.02. The van der Waals surface area contributed by atoms with Gasteiger partial charge in [-0.25, -0.2) is 4.79 Å². The van der Waals surface area contributed by atoms with Crippen LogP contribution in [0, 0.1) is 17.8 Å². The SMILES string of the molecule is O=C(O)C1CCC(NC(=O)N2CC[C@@H](O)[C@H](C3CCCC3)C2)CC1. The summed E-state index contributed by atoms with van der Waals surface area (Å²) in [7, 11) is 0. The monoisotopic (exact) mass is 338 g/mol. The Labute approximate surface area is 143 Å². The maximum atomic E-state index is 12.6. The summed E-state index contributed by atoms with van der Waals surface area (Å²) < 4.78 is 0. The fraction of sp³-hybridized carbons (Fsp3) is 0.889. The highest BCUT2D eigenvalue weighted by atomic mass is 16.4. The van der Waals surface area contributed by atoms with Crippen molar-refractivity contribution in [3.05, 3.63) is 0 Å². The van der Waals surface area contributed by atoms with E-state index >= 15 is 0 Å². The Hall–Kier alpha value is -1.30. The molecule has 0 aromatic carbocycles. The van der Waals surface area contributed by atoms with E-state index in [0.717, 1.165) is 12.8 Å². The molecule has 1 aliphatic heterocycles. The zero-order chi connectivity index (χ0) is 17.1. The van der Waals surface area contributed by atoms with Gasteiger partial charge in [0.15, 0.2) is 0 Å². The van der Waals surface area contributed by atoms with Crippen LogP contribution in [0.5, 0.6) is 0 Å². The summed E-state index contributed by atoms with van der Waals surface area (Å²) in [5.74, 6) is -0.199. The van der Waals surface area contributed by atoms with Gasteiger partial charge in [0, 0.05) is 25.0 Å². The number of carboxylic acid groups (broad SMARTS) is 1. The van der Waals surface area contributed by atoms with Gasteiger partial charge < -0.3 is 20.4 Å². The largest absolute Gasteiger partial charge is 0.481 e. The molecule has 3 fully saturated rings. The summed E-state index contributed by atoms with van der Waals surface area (Å²) in [4.78, 5) is 25.4. The second-order valence-corrected chi connectivity index (χ2v) is 7.85. The first kappa shape index (κ1) is 17.5. The van der Waals surface area contributed by atoms with Crippen LogP contribution in [0.4, 0.5) is 4.79 Å². The van der Waals surface area contributed by atoms with Crippen molar-refractivity contribution in [3.63, 3.8) is 0 Å². The molecule has 2 aliphatic carbocycles. The predicted molar refractivity (Wildman–Crippen MR) is 89.6 cm³/mol. The normalized spacial score (nSPS) is 35.0. The lowest BCUT2D eigenvalue weighted by Crippen LogP contribution is -2.53. The number of likely N-dealkylation sites (tertiary alicyclic amines) is 1. The highest BCUT2D eigenvalue weighted by molar-refractivity contribution is 5.75. The number of carbonyl (C=O) groups is 2. The number of aliphatic hydroxyl groups excluding tert-OH is 1. The van der Waals surface area contributed by atoms with E-state index in [0.29, 0.717) is 38.3 Å². The summed E-state index contributed by atoms with van der Waals surface area (Å²) >= 11 is 0. The number of hydrogen-bond donors (Lipinski definition) is 3. The molecule has 6 heteroatoms. The first-order valence-corrected chi connectivity index (χ1v) is 9.51. The van der Waals surface area contributed by atoms with Crippen molar-refractivity contribution in [1.82, 2.24) is 10.2 Å². The second kappa shape index (κ2) is 7.72. The van der Waals surface area contributed by atoms with Gasteiger partial charge in [-0.15, -0.1) is 0 Å². The number of piperidine rings is 1. The standard InChI is InChI=1S/C18H30N2O4/c21-16-9-10-20(11-15(16)12-3-1-2-4-12)18(24)19-14-7-5-13(6-8-14)17(22)23/h12-16,21H,1-11H2,(H,19,24)(H,22,23)/t13?,14?,15-,16+/m0/s1. The predicted octanol–water partition coefficient (Wildman–Crippen LogP) is 2.21. The van der Waals surface area contributed by atoms with Crippen molar-refractivity contribution in [3.8, 4) is 0 Å². The van der Waals surface area contributed by atoms with E-state index in [9.17, 15) is 14.7 Å². The molecule has 1 saturated heterocycles. The number of aliphatic carboxylic acids is 1. The molecule has 0 unspecified atom stereocenters. The number of carbonyl (C=O) groups excluding carboxylic acids is 1. The second-order valence-electron chi connectivity index (χ2n) is 7.85. The number of hydrogen-bond acceptors (Lipinski definition) is 3. The van der Waals surface area contributed by atoms with Gasteiger partial charge in [0.25, 0.3) is 0 Å². The smallest absolute Gasteiger partial charge is 0.317 e. The number of carboxylic acids is 1. The molecule has 3 rings (SSSR count). The van der Waals surface area contributed by atoms with Gasteiger partial charge in [-0.1, -0.05) is 25.7 Å². The van der Waals surface area contributed by atoms with Crippen molar-refractivity contribution < 1.29 is 19.8 Å². The molecule has 2 atom stereocenters. The van der Waals surface area contributed by atoms with Crippen molar-refractivity contribution in [1.29, 1.82) is 0 Å². The summed E-state index contributed by atoms with van der Waals surface area (Å²) in [5.41, 5.74) is 0. The van der Waals surface area contributed by atoms with Crippen molar-refractivity contribution in [2.75, 3.05) is 13.1 Å². The van der Waals surface area contributed by atoms with Gasteiger partial charge >= 0.3 is 12.0 Å². The molecular weight excluding hydrogens is 308 g/mol. The summed E-state index contributed by atoms with van der Waals surface area (Å²) in [6.45, 7) is 1.27. The van der Waals surface area contributed by atoms with Crippen LogP contribution in [-0.2, 0) is 4.79 Å². The number of nitrogens with zero attached hydrogens (tertiary/aromatic N) is 1. The minimum absolute atomic E-state index is 0.0383. The first-order valence-electron chi connectivity index (χ1n) is 9.51. The Bertz CT molecular complexity index is 456. The van der Waals surface area contributed by atoms with E-state index in [1.807, 2.05) is 4.90 Å². The Morgan fingerprint density at radius 1 is 0.958 bits per heavy atom. The van der Waals surface area contributed by atoms with Crippen molar-refractivity contribution in [2.45, 2.75) is 69.9 Å². The highest BCUT2D eigenvalue weighted by Crippen LogP contribution is 2.36. The van der Waals surface area contributed by atoms with Gasteiger partial charge in [-0.2, -0.15) is 0 Å². The molecule has 1 heterocycles. The molecule has 0 aromatic rings. The van der Waals surface area contributed by atoms with E-state index in [1.165, 1.54) is 25.7 Å². The average Bonchev–Trinajstić information content (AvgIpc) is 3.10. The molecule has 2 saturated carbocycles. The number of urea groups is 1. The number of amides is 2. The number of aliphatic hydroxyl groups is 1. The van der Waals surface area contributed by atoms with Gasteiger partial charge in [0.2, 0.25) is 0 Å². The maximum absolute atomic E-state index is 12.6. The zero-order valence-corrected chi connectivity index (χ0v) is 14.3. The number of nitrogens with one attached hydrogen (secondary N) is 1. The molecule has 0 bridgehead atoms. The maximum Gasteiger partial charge on any atom is 0.317 e. The van der Waals surface area contributed by atoms with E-state index in [2.05, 4.69) is 5.32 Å². The fourth-order valence-corrected chi connectivity index (χ4v) is 4.75. The van der Waals surface area contributed by atoms with Crippen LogP contribution in [0.2, 0.25) is 0 Å². The molecule has 136 valence electrons. The molecule has 0 radical (unpaired) electrons. The van der Waals surface area contributed by atoms with E-state index in [-0.39, 0.29) is 30.0 Å². The zero-order valence-electron chi connectivity index (χ0n) is 14.3. The molecule has 6 nitrogen and oxygen atoms in total. The Morgan fingerprint density at radius 2 is 1.62 bits per heavy atom. The molecule has 0 aromatic heterocycles. The third-order valence-corrected chi connectivity index (χ3v) is 6.32. The van der Waals surface area contributed by atoms with Crippen LogP contribution in [0.15, 0.2) is 0 Å². The van der Waals surface area contributed by atoms with Gasteiger partial charge in [-0.3, -0.25) is 4.79 Å². The lowest BCUT2D eigenvalue weighted by Gasteiger charge is -2.40. The molecule has 3 N–H and O–H groups in total. The number of rotatable bonds is 3. The average molecular weight is 338 g/mol. The molecule has 24 heavy (non-hydrogen) atoms. The van der Waals surface area contributed by atoms with E-state index in [1.54, 1.807) is 0 Å². The third-order valence-electron chi connectivity index (χ3n) is 6.32. The van der Waals surface area contributed by atoms with Crippen LogP contribution in [0.25, 0.3) is 0 Å². The highest BCUT2D eigenvalue weighted by Gasteiger charge is 2.37. The van der Waals surface area contributed by atoms with Crippen LogP contribution in [-0.4, -0.2) is 52.3 Å². The molecule has 0 spiro atoms. The summed E-state index contributed by atoms with van der Waals surface area (Å²) in [6.07, 6.45) is 8.00. The van der Waals surface area contributed by atoms with Crippen LogP contribution >= 0.6 is 0 Å². The summed E-state index contributed by atoms with van der Waals surface area (Å²) in [5, 5.41) is 22.5. The van der Waals surface area contributed by atoms with E-state index in [4.69, 9.17) is 5.11 Å².